The molecule has 24 heavy (non-hydrogen) atoms. The van der Waals surface area contributed by atoms with E-state index >= 15 is 0 Å². The number of ether oxygens (including phenoxy) is 2. The Balaban J connectivity index is 1.83. The molecule has 2 aromatic rings. The smallest absolute Gasteiger partial charge is 0.332 e. The van der Waals surface area contributed by atoms with Gasteiger partial charge in [0.05, 0.1) is 6.54 Å². The third kappa shape index (κ3) is 2.60. The Morgan fingerprint density at radius 1 is 1.25 bits per heavy atom. The Kier molecular flexibility index (Phi) is 4.00. The van der Waals surface area contributed by atoms with Crippen molar-refractivity contribution < 1.29 is 9.47 Å². The molecule has 3 rings (SSSR count). The highest BCUT2D eigenvalue weighted by Crippen LogP contribution is 2.30. The van der Waals surface area contributed by atoms with Crippen molar-refractivity contribution in [3.05, 3.63) is 50.7 Å². The summed E-state index contributed by atoms with van der Waals surface area (Å²) in [6.07, 6.45) is -0.314. The van der Waals surface area contributed by atoms with Gasteiger partial charge in [-0.1, -0.05) is 12.1 Å². The number of aromatic nitrogens is 2. The standard InChI is InChI=1S/C16H16N4O4/c1-19-14(11(7-17)15(21)20(2)16(19)22)18-8-10-9-23-12-5-3-4-6-13(12)24-10/h3-6,10,18H,8-9H2,1-2H3/t10-/m1/s1. The molecular weight excluding hydrogens is 312 g/mol. The molecule has 2 heterocycles. The first-order chi connectivity index (χ1) is 11.5. The van der Waals surface area contributed by atoms with Crippen molar-refractivity contribution in [3.8, 4) is 17.6 Å². The van der Waals surface area contributed by atoms with Crippen LogP contribution < -0.4 is 26.0 Å². The Morgan fingerprint density at radius 2 is 1.96 bits per heavy atom. The van der Waals surface area contributed by atoms with E-state index in [1.54, 1.807) is 6.07 Å². The van der Waals surface area contributed by atoms with Crippen LogP contribution in [0, 0.1) is 11.3 Å². The van der Waals surface area contributed by atoms with Crippen LogP contribution in [0.25, 0.3) is 0 Å². The first-order valence-electron chi connectivity index (χ1n) is 7.35. The second kappa shape index (κ2) is 6.12. The maximum absolute atomic E-state index is 12.0. The van der Waals surface area contributed by atoms with Crippen LogP contribution in [0.4, 0.5) is 5.82 Å². The molecule has 0 aliphatic carbocycles. The molecule has 1 aromatic heterocycles. The molecular formula is C16H16N4O4. The van der Waals surface area contributed by atoms with Gasteiger partial charge in [0.1, 0.15) is 24.6 Å². The van der Waals surface area contributed by atoms with Crippen molar-refractivity contribution in [1.82, 2.24) is 9.13 Å². The average Bonchev–Trinajstić information content (AvgIpc) is 2.61. The Labute approximate surface area is 137 Å². The van der Waals surface area contributed by atoms with E-state index in [0.717, 1.165) is 4.57 Å². The predicted octanol–water partition coefficient (Wildman–Crippen LogP) is 0.208. The molecule has 8 nitrogen and oxygen atoms in total. The molecule has 1 atom stereocenters. The number of nitriles is 1. The lowest BCUT2D eigenvalue weighted by atomic mass is 10.2. The summed E-state index contributed by atoms with van der Waals surface area (Å²) in [5.41, 5.74) is -1.25. The number of hydrogen-bond acceptors (Lipinski definition) is 6. The molecule has 1 N–H and O–H groups in total. The number of anilines is 1. The summed E-state index contributed by atoms with van der Waals surface area (Å²) in [6.45, 7) is 0.605. The van der Waals surface area contributed by atoms with Crippen molar-refractivity contribution in [2.24, 2.45) is 14.1 Å². The highest BCUT2D eigenvalue weighted by Gasteiger charge is 2.22. The topological polar surface area (TPSA) is 98.3 Å². The minimum atomic E-state index is -0.630. The third-order valence-electron chi connectivity index (χ3n) is 3.84. The lowest BCUT2D eigenvalue weighted by Gasteiger charge is -2.27. The van der Waals surface area contributed by atoms with Crippen LogP contribution >= 0.6 is 0 Å². The van der Waals surface area contributed by atoms with Gasteiger partial charge in [-0.2, -0.15) is 5.26 Å². The van der Waals surface area contributed by atoms with Crippen LogP contribution in [-0.2, 0) is 14.1 Å². The van der Waals surface area contributed by atoms with Gasteiger partial charge in [-0.15, -0.1) is 0 Å². The van der Waals surface area contributed by atoms with Gasteiger partial charge < -0.3 is 14.8 Å². The molecule has 0 saturated carbocycles. The molecule has 124 valence electrons. The van der Waals surface area contributed by atoms with Crippen molar-refractivity contribution in [3.63, 3.8) is 0 Å². The van der Waals surface area contributed by atoms with Gasteiger partial charge in [0, 0.05) is 14.1 Å². The molecule has 0 bridgehead atoms. The lowest BCUT2D eigenvalue weighted by Crippen LogP contribution is -2.41. The van der Waals surface area contributed by atoms with Crippen LogP contribution in [0.5, 0.6) is 11.5 Å². The van der Waals surface area contributed by atoms with Gasteiger partial charge in [0.15, 0.2) is 17.1 Å². The normalized spacial score (nSPS) is 15.6. The maximum atomic E-state index is 12.0. The molecule has 0 spiro atoms. The van der Waals surface area contributed by atoms with E-state index in [2.05, 4.69) is 5.32 Å². The Bertz CT molecular complexity index is 939. The number of nitrogens with one attached hydrogen (secondary N) is 1. The minimum Gasteiger partial charge on any atom is -0.486 e. The summed E-state index contributed by atoms with van der Waals surface area (Å²) in [4.78, 5) is 24.1. The van der Waals surface area contributed by atoms with Gasteiger partial charge >= 0.3 is 5.69 Å². The third-order valence-corrected chi connectivity index (χ3v) is 3.84. The van der Waals surface area contributed by atoms with Crippen LogP contribution in [-0.4, -0.2) is 28.4 Å². The maximum Gasteiger partial charge on any atom is 0.332 e. The van der Waals surface area contributed by atoms with Gasteiger partial charge in [0.2, 0.25) is 0 Å². The van der Waals surface area contributed by atoms with Crippen molar-refractivity contribution >= 4 is 5.82 Å². The number of nitrogens with zero attached hydrogens (tertiary/aromatic N) is 3. The summed E-state index contributed by atoms with van der Waals surface area (Å²) in [5.74, 6) is 1.48. The number of para-hydroxylation sites is 2. The summed E-state index contributed by atoms with van der Waals surface area (Å²) in [6, 6.07) is 9.17. The molecule has 0 saturated heterocycles. The fourth-order valence-corrected chi connectivity index (χ4v) is 2.53. The predicted molar refractivity (Wildman–Crippen MR) is 86.5 cm³/mol. The molecule has 0 amide bonds. The quantitative estimate of drug-likeness (QED) is 0.865. The first kappa shape index (κ1) is 15.7. The van der Waals surface area contributed by atoms with Crippen LogP contribution in [0.2, 0.25) is 0 Å². The molecule has 1 aliphatic heterocycles. The van der Waals surface area contributed by atoms with Gasteiger partial charge in [-0.3, -0.25) is 13.9 Å². The summed E-state index contributed by atoms with van der Waals surface area (Å²) in [5, 5.41) is 12.2. The number of rotatable bonds is 3. The fourth-order valence-electron chi connectivity index (χ4n) is 2.53. The number of fused-ring (bicyclic) bond motifs is 1. The van der Waals surface area contributed by atoms with E-state index in [4.69, 9.17) is 9.47 Å². The largest absolute Gasteiger partial charge is 0.486 e. The zero-order valence-corrected chi connectivity index (χ0v) is 13.3. The second-order valence-electron chi connectivity index (χ2n) is 5.42. The molecule has 8 heteroatoms. The monoisotopic (exact) mass is 328 g/mol. The lowest BCUT2D eigenvalue weighted by molar-refractivity contribution is 0.0996. The van der Waals surface area contributed by atoms with E-state index in [1.165, 1.54) is 18.7 Å². The van der Waals surface area contributed by atoms with E-state index < -0.39 is 11.2 Å². The first-order valence-corrected chi connectivity index (χ1v) is 7.35. The van der Waals surface area contributed by atoms with Crippen molar-refractivity contribution in [2.45, 2.75) is 6.10 Å². The van der Waals surface area contributed by atoms with Gasteiger partial charge in [-0.25, -0.2) is 4.79 Å². The van der Waals surface area contributed by atoms with Crippen molar-refractivity contribution in [1.29, 1.82) is 5.26 Å². The van der Waals surface area contributed by atoms with Crippen LogP contribution in [0.3, 0.4) is 0 Å². The molecule has 1 aliphatic rings. The van der Waals surface area contributed by atoms with Crippen molar-refractivity contribution in [2.75, 3.05) is 18.5 Å². The second-order valence-corrected chi connectivity index (χ2v) is 5.42. The van der Waals surface area contributed by atoms with E-state index in [9.17, 15) is 14.9 Å². The minimum absolute atomic E-state index is 0.114. The van der Waals surface area contributed by atoms with Gasteiger partial charge in [-0.05, 0) is 12.1 Å². The Hall–Kier alpha value is -3.21. The zero-order valence-electron chi connectivity index (χ0n) is 13.3. The van der Waals surface area contributed by atoms with Crippen LogP contribution in [0.15, 0.2) is 33.9 Å². The summed E-state index contributed by atoms with van der Waals surface area (Å²) >= 11 is 0. The Morgan fingerprint density at radius 3 is 2.67 bits per heavy atom. The average molecular weight is 328 g/mol. The summed E-state index contributed by atoms with van der Waals surface area (Å²) < 4.78 is 13.6. The molecule has 0 fully saturated rings. The molecule has 1 aromatic carbocycles. The van der Waals surface area contributed by atoms with Gasteiger partial charge in [0.25, 0.3) is 5.56 Å². The zero-order chi connectivity index (χ0) is 17.3. The molecule has 0 radical (unpaired) electrons. The SMILES string of the molecule is Cn1c(NC[C@@H]2COc3ccccc3O2)c(C#N)c(=O)n(C)c1=O. The number of benzene rings is 1. The van der Waals surface area contributed by atoms with E-state index in [0.29, 0.717) is 18.1 Å². The van der Waals surface area contributed by atoms with E-state index in [1.807, 2.05) is 24.3 Å². The fraction of sp³-hybridized carbons (Fsp3) is 0.312. The van der Waals surface area contributed by atoms with Crippen LogP contribution in [0.1, 0.15) is 5.56 Å². The van der Waals surface area contributed by atoms with E-state index in [-0.39, 0.29) is 24.0 Å². The highest BCUT2D eigenvalue weighted by atomic mass is 16.6. The number of hydrogen-bond donors (Lipinski definition) is 1. The molecule has 0 unspecified atom stereocenters. The summed E-state index contributed by atoms with van der Waals surface area (Å²) in [7, 11) is 2.84. The highest BCUT2D eigenvalue weighted by molar-refractivity contribution is 5.51.